The summed E-state index contributed by atoms with van der Waals surface area (Å²) in [6.45, 7) is 3.11. The lowest BCUT2D eigenvalue weighted by atomic mass is 10.1. The molecule has 0 aromatic heterocycles. The molecule has 0 fully saturated rings. The monoisotopic (exact) mass is 360 g/mol. The van der Waals surface area contributed by atoms with Crippen molar-refractivity contribution in [2.24, 2.45) is 0 Å². The third kappa shape index (κ3) is 4.27. The maximum Gasteiger partial charge on any atom is 0.179 e. The normalized spacial score (nSPS) is 17.4. The Morgan fingerprint density at radius 3 is 2.68 bits per heavy atom. The maximum absolute atomic E-state index is 12.3. The van der Waals surface area contributed by atoms with Crippen LogP contribution < -0.4 is 4.74 Å². The van der Waals surface area contributed by atoms with E-state index in [4.69, 9.17) is 4.74 Å². The summed E-state index contributed by atoms with van der Waals surface area (Å²) in [5.74, 6) is 0.671. The van der Waals surface area contributed by atoms with Crippen LogP contribution in [0.3, 0.4) is 0 Å². The predicted octanol–water partition coefficient (Wildman–Crippen LogP) is 2.59. The number of nitrogens with zero attached hydrogens (tertiary/aromatic N) is 2. The second-order valence-corrected chi connectivity index (χ2v) is 8.57. The van der Waals surface area contributed by atoms with Crippen molar-refractivity contribution in [1.82, 2.24) is 9.21 Å². The molecule has 0 radical (unpaired) electrons. The molecule has 5 nitrogen and oxygen atoms in total. The molecule has 1 heterocycles. The molecule has 0 bridgehead atoms. The van der Waals surface area contributed by atoms with Crippen LogP contribution in [0.1, 0.15) is 11.1 Å². The highest BCUT2D eigenvalue weighted by molar-refractivity contribution is 7.95. The van der Waals surface area contributed by atoms with Crippen LogP contribution >= 0.6 is 0 Å². The lowest BCUT2D eigenvalue weighted by Gasteiger charge is -2.21. The van der Waals surface area contributed by atoms with Crippen molar-refractivity contribution in [2.75, 3.05) is 33.8 Å². The van der Waals surface area contributed by atoms with E-state index in [1.54, 1.807) is 12.1 Å². The summed E-state index contributed by atoms with van der Waals surface area (Å²) in [7, 11) is -0.373. The van der Waals surface area contributed by atoms with E-state index in [1.165, 1.54) is 24.0 Å². The van der Waals surface area contributed by atoms with Crippen molar-refractivity contribution in [3.05, 3.63) is 59.7 Å². The number of fused-ring (bicyclic) bond motifs is 1. The van der Waals surface area contributed by atoms with E-state index in [0.717, 1.165) is 31.6 Å². The number of rotatable bonds is 5. The van der Waals surface area contributed by atoms with Crippen LogP contribution in [0.15, 0.2) is 53.4 Å². The Bertz CT molecular complexity index is 765. The van der Waals surface area contributed by atoms with Gasteiger partial charge in [0.15, 0.2) is 15.3 Å². The van der Waals surface area contributed by atoms with Gasteiger partial charge in [-0.2, -0.15) is 0 Å². The molecule has 0 saturated carbocycles. The molecule has 6 heteroatoms. The van der Waals surface area contributed by atoms with Gasteiger partial charge in [-0.05, 0) is 24.1 Å². The van der Waals surface area contributed by atoms with Gasteiger partial charge in [0.1, 0.15) is 12.4 Å². The topological polar surface area (TPSA) is 55.8 Å². The molecule has 1 atom stereocenters. The molecule has 2 aromatic carbocycles. The minimum absolute atomic E-state index is 0.272. The Morgan fingerprint density at radius 2 is 1.96 bits per heavy atom. The lowest BCUT2D eigenvalue weighted by molar-refractivity contribution is 0.228. The molecule has 134 valence electrons. The molecule has 0 spiro atoms. The second kappa shape index (κ2) is 7.66. The van der Waals surface area contributed by atoms with Crippen molar-refractivity contribution in [3.8, 4) is 5.75 Å². The Balaban J connectivity index is 1.72. The molecule has 0 N–H and O–H groups in total. The summed E-state index contributed by atoms with van der Waals surface area (Å²) in [6.07, 6.45) is 0.989. The summed E-state index contributed by atoms with van der Waals surface area (Å²) in [4.78, 5) is 2.62. The van der Waals surface area contributed by atoms with Gasteiger partial charge >= 0.3 is 0 Å². The first-order chi connectivity index (χ1) is 12.0. The van der Waals surface area contributed by atoms with E-state index >= 15 is 0 Å². The average Bonchev–Trinajstić information content (AvgIpc) is 2.81. The van der Waals surface area contributed by atoms with Crippen molar-refractivity contribution in [3.63, 3.8) is 0 Å². The largest absolute Gasteiger partial charge is 0.593 e. The van der Waals surface area contributed by atoms with Gasteiger partial charge in [-0.15, -0.1) is 4.31 Å². The molecule has 0 saturated heterocycles. The van der Waals surface area contributed by atoms with E-state index < -0.39 is 10.4 Å². The standard InChI is InChI=1S/C19H24N2O3S/c1-20(2)25(22,23)18-9-8-17-15-21(12-13-24-19(17)14-18)11-10-16-6-4-3-5-7-16/h3-9,14H,10-13,15H2,1-2H3. The summed E-state index contributed by atoms with van der Waals surface area (Å²) in [6, 6.07) is 15.6. The van der Waals surface area contributed by atoms with Gasteiger partial charge in [0, 0.05) is 45.4 Å². The Labute approximate surface area is 150 Å². The number of sulfonamides is 1. The first-order valence-electron chi connectivity index (χ1n) is 8.41. The van der Waals surface area contributed by atoms with Crippen molar-refractivity contribution >= 4 is 10.4 Å². The molecule has 1 unspecified atom stereocenters. The quantitative estimate of drug-likeness (QED) is 0.769. The van der Waals surface area contributed by atoms with E-state index in [9.17, 15) is 8.76 Å². The summed E-state index contributed by atoms with van der Waals surface area (Å²) >= 11 is 0. The van der Waals surface area contributed by atoms with E-state index in [0.29, 0.717) is 12.4 Å². The third-order valence-electron chi connectivity index (χ3n) is 4.44. The highest BCUT2D eigenvalue weighted by Crippen LogP contribution is 2.29. The van der Waals surface area contributed by atoms with Crippen LogP contribution in [-0.4, -0.2) is 47.5 Å². The van der Waals surface area contributed by atoms with Crippen LogP contribution in [0.2, 0.25) is 0 Å². The molecule has 3 rings (SSSR count). The fourth-order valence-corrected chi connectivity index (χ4v) is 3.82. The number of hydrogen-bond donors (Lipinski definition) is 0. The zero-order valence-corrected chi connectivity index (χ0v) is 15.5. The number of benzene rings is 2. The summed E-state index contributed by atoms with van der Waals surface area (Å²) in [5, 5.41) is 0. The second-order valence-electron chi connectivity index (χ2n) is 6.42. The van der Waals surface area contributed by atoms with Crippen LogP contribution in [0.4, 0.5) is 0 Å². The van der Waals surface area contributed by atoms with Crippen LogP contribution in [0.25, 0.3) is 0 Å². The molecule has 1 aliphatic rings. The lowest BCUT2D eigenvalue weighted by Crippen LogP contribution is -2.29. The highest BCUT2D eigenvalue weighted by atomic mass is 32.3. The minimum Gasteiger partial charge on any atom is -0.593 e. The van der Waals surface area contributed by atoms with Crippen molar-refractivity contribution in [2.45, 2.75) is 17.9 Å². The summed E-state index contributed by atoms with van der Waals surface area (Å²) < 4.78 is 31.6. The molecular formula is C19H24N2O3S. The van der Waals surface area contributed by atoms with E-state index in [1.807, 2.05) is 12.1 Å². The number of hydrogen-bond acceptors (Lipinski definition) is 4. The van der Waals surface area contributed by atoms with E-state index in [-0.39, 0.29) is 4.90 Å². The summed E-state index contributed by atoms with van der Waals surface area (Å²) in [5.41, 5.74) is 2.35. The molecule has 0 aliphatic carbocycles. The van der Waals surface area contributed by atoms with Gasteiger partial charge in [0.25, 0.3) is 0 Å². The Hall–Kier alpha value is -1.73. The van der Waals surface area contributed by atoms with Crippen LogP contribution in [0.5, 0.6) is 5.75 Å². The Kier molecular flexibility index (Phi) is 5.54. The van der Waals surface area contributed by atoms with Crippen LogP contribution in [0, 0.1) is 0 Å². The molecule has 25 heavy (non-hydrogen) atoms. The van der Waals surface area contributed by atoms with Gasteiger partial charge in [0.2, 0.25) is 0 Å². The zero-order valence-electron chi connectivity index (χ0n) is 14.7. The first kappa shape index (κ1) is 18.1. The fourth-order valence-electron chi connectivity index (χ4n) is 2.90. The van der Waals surface area contributed by atoms with Gasteiger partial charge in [-0.1, -0.05) is 34.5 Å². The van der Waals surface area contributed by atoms with Gasteiger partial charge in [-0.3, -0.25) is 4.90 Å². The fraction of sp³-hybridized carbons (Fsp3) is 0.368. The zero-order chi connectivity index (χ0) is 17.9. The predicted molar refractivity (Wildman–Crippen MR) is 98.1 cm³/mol. The molecule has 0 amide bonds. The third-order valence-corrected chi connectivity index (χ3v) is 6.25. The highest BCUT2D eigenvalue weighted by Gasteiger charge is 2.26. The van der Waals surface area contributed by atoms with Crippen LogP contribution in [-0.2, 0) is 27.6 Å². The van der Waals surface area contributed by atoms with Gasteiger partial charge in [0.05, 0.1) is 0 Å². The smallest absolute Gasteiger partial charge is 0.179 e. The first-order valence-corrected chi connectivity index (χ1v) is 9.85. The molecule has 1 aliphatic heterocycles. The maximum atomic E-state index is 12.3. The van der Waals surface area contributed by atoms with E-state index in [2.05, 4.69) is 29.2 Å². The Morgan fingerprint density at radius 1 is 1.20 bits per heavy atom. The number of ether oxygens (including phenoxy) is 1. The van der Waals surface area contributed by atoms with Gasteiger partial charge in [-0.25, -0.2) is 0 Å². The molecule has 2 aromatic rings. The van der Waals surface area contributed by atoms with Crippen molar-refractivity contribution < 1.29 is 13.5 Å². The van der Waals surface area contributed by atoms with Gasteiger partial charge < -0.3 is 9.29 Å². The minimum atomic E-state index is -3.44. The average molecular weight is 360 g/mol. The SMILES string of the molecule is CN(C)[S+](=O)([O-])c1ccc2c(c1)OCCN(CCc1ccccc1)C2. The van der Waals surface area contributed by atoms with Crippen molar-refractivity contribution in [1.29, 1.82) is 0 Å². The molecular weight excluding hydrogens is 336 g/mol.